The number of carbonyl (C=O) groups excluding carboxylic acids is 1. The number of nitrogens with one attached hydrogen (secondary N) is 1. The van der Waals surface area contributed by atoms with E-state index < -0.39 is 6.55 Å². The van der Waals surface area contributed by atoms with Crippen LogP contribution < -0.4 is 10.1 Å². The number of halogens is 2. The maximum Gasteiger partial charge on any atom is 0.308 e. The van der Waals surface area contributed by atoms with Crippen molar-refractivity contribution < 1.29 is 18.3 Å². The third-order valence-corrected chi connectivity index (χ3v) is 1.84. The summed E-state index contributed by atoms with van der Waals surface area (Å²) in [6.45, 7) is -1.08. The number of alkyl halides is 2. The molecule has 0 saturated carbocycles. The SMILES string of the molecule is CC(=O)Oc1ccc(C=CCNC(F)F)cc1. The first kappa shape index (κ1) is 13.3. The predicted octanol–water partition coefficient (Wildman–Crippen LogP) is 2.44. The van der Waals surface area contributed by atoms with Gasteiger partial charge in [-0.2, -0.15) is 8.78 Å². The second kappa shape index (κ2) is 6.75. The monoisotopic (exact) mass is 241 g/mol. The first-order valence-electron chi connectivity index (χ1n) is 5.04. The van der Waals surface area contributed by atoms with Gasteiger partial charge >= 0.3 is 5.97 Å². The number of ether oxygens (including phenoxy) is 1. The molecule has 1 aromatic carbocycles. The summed E-state index contributed by atoms with van der Waals surface area (Å²) in [5.41, 5.74) is 0.844. The van der Waals surface area contributed by atoms with E-state index in [-0.39, 0.29) is 12.5 Å². The maximum atomic E-state index is 11.7. The minimum absolute atomic E-state index is 0.101. The van der Waals surface area contributed by atoms with E-state index in [0.717, 1.165) is 5.56 Å². The normalized spacial score (nSPS) is 11.1. The Balaban J connectivity index is 2.47. The van der Waals surface area contributed by atoms with Crippen molar-refractivity contribution in [1.82, 2.24) is 5.32 Å². The summed E-state index contributed by atoms with van der Waals surface area (Å²) in [6.07, 6.45) is 3.29. The molecule has 0 radical (unpaired) electrons. The van der Waals surface area contributed by atoms with Gasteiger partial charge in [-0.25, -0.2) is 0 Å². The van der Waals surface area contributed by atoms with Crippen molar-refractivity contribution in [2.45, 2.75) is 13.5 Å². The van der Waals surface area contributed by atoms with Gasteiger partial charge in [0.05, 0.1) is 0 Å². The highest BCUT2D eigenvalue weighted by atomic mass is 19.3. The van der Waals surface area contributed by atoms with Gasteiger partial charge < -0.3 is 4.74 Å². The van der Waals surface area contributed by atoms with Gasteiger partial charge in [0, 0.05) is 13.5 Å². The molecule has 0 aliphatic rings. The van der Waals surface area contributed by atoms with Crippen LogP contribution in [0.25, 0.3) is 6.08 Å². The lowest BCUT2D eigenvalue weighted by Gasteiger charge is -2.01. The number of esters is 1. The number of hydrogen-bond acceptors (Lipinski definition) is 3. The smallest absolute Gasteiger partial charge is 0.308 e. The van der Waals surface area contributed by atoms with Crippen molar-refractivity contribution in [3.05, 3.63) is 35.9 Å². The second-order valence-electron chi connectivity index (χ2n) is 3.27. The number of carbonyl (C=O) groups is 1. The summed E-state index contributed by atoms with van der Waals surface area (Å²) in [5, 5.41) is 1.96. The standard InChI is InChI=1S/C12H13F2NO2/c1-9(16)17-11-6-4-10(5-7-11)3-2-8-15-12(13)14/h2-7,12,15H,8H2,1H3. The van der Waals surface area contributed by atoms with Crippen LogP contribution in [-0.2, 0) is 4.79 Å². The van der Waals surface area contributed by atoms with Crippen molar-refractivity contribution in [3.8, 4) is 5.75 Å². The van der Waals surface area contributed by atoms with Crippen LogP contribution in [0.3, 0.4) is 0 Å². The molecule has 0 atom stereocenters. The minimum atomic E-state index is -2.51. The molecule has 0 amide bonds. The zero-order valence-corrected chi connectivity index (χ0v) is 9.32. The molecule has 17 heavy (non-hydrogen) atoms. The maximum absolute atomic E-state index is 11.7. The van der Waals surface area contributed by atoms with Crippen LogP contribution in [0.5, 0.6) is 5.75 Å². The first-order chi connectivity index (χ1) is 8.08. The Bertz CT molecular complexity index is 388. The van der Waals surface area contributed by atoms with Gasteiger partial charge in [-0.3, -0.25) is 10.1 Å². The third kappa shape index (κ3) is 5.77. The lowest BCUT2D eigenvalue weighted by molar-refractivity contribution is -0.131. The van der Waals surface area contributed by atoms with Gasteiger partial charge in [0.2, 0.25) is 0 Å². The summed E-state index contributed by atoms with van der Waals surface area (Å²) in [4.78, 5) is 10.7. The molecule has 1 rings (SSSR count). The number of rotatable bonds is 5. The van der Waals surface area contributed by atoms with E-state index in [2.05, 4.69) is 0 Å². The van der Waals surface area contributed by atoms with Gasteiger partial charge in [0.1, 0.15) is 5.75 Å². The van der Waals surface area contributed by atoms with Crippen LogP contribution in [0, 0.1) is 0 Å². The fourth-order valence-corrected chi connectivity index (χ4v) is 1.17. The van der Waals surface area contributed by atoms with Gasteiger partial charge in [-0.05, 0) is 17.7 Å². The largest absolute Gasteiger partial charge is 0.427 e. The van der Waals surface area contributed by atoms with Crippen molar-refractivity contribution >= 4 is 12.0 Å². The number of hydrogen-bond donors (Lipinski definition) is 1. The Labute approximate surface area is 98.1 Å². The average Bonchev–Trinajstić information content (AvgIpc) is 2.25. The highest BCUT2D eigenvalue weighted by molar-refractivity contribution is 5.69. The lowest BCUT2D eigenvalue weighted by atomic mass is 10.2. The Hall–Kier alpha value is -1.75. The molecule has 0 saturated heterocycles. The van der Waals surface area contributed by atoms with E-state index in [1.807, 2.05) is 5.32 Å². The van der Waals surface area contributed by atoms with Crippen LogP contribution >= 0.6 is 0 Å². The Morgan fingerprint density at radius 3 is 2.59 bits per heavy atom. The molecule has 0 aliphatic carbocycles. The summed E-state index contributed by atoms with van der Waals surface area (Å²) in [6, 6.07) is 6.75. The van der Waals surface area contributed by atoms with Crippen LogP contribution in [0.1, 0.15) is 12.5 Å². The van der Waals surface area contributed by atoms with Crippen molar-refractivity contribution in [3.63, 3.8) is 0 Å². The molecule has 5 heteroatoms. The molecule has 0 bridgehead atoms. The topological polar surface area (TPSA) is 38.3 Å². The van der Waals surface area contributed by atoms with E-state index in [1.54, 1.807) is 36.4 Å². The van der Waals surface area contributed by atoms with E-state index in [4.69, 9.17) is 4.74 Å². The quantitative estimate of drug-likeness (QED) is 0.489. The van der Waals surface area contributed by atoms with E-state index >= 15 is 0 Å². The first-order valence-corrected chi connectivity index (χ1v) is 5.04. The van der Waals surface area contributed by atoms with Crippen molar-refractivity contribution in [1.29, 1.82) is 0 Å². The molecule has 1 aromatic rings. The second-order valence-corrected chi connectivity index (χ2v) is 3.27. The summed E-state index contributed by atoms with van der Waals surface area (Å²) < 4.78 is 28.3. The molecule has 0 aliphatic heterocycles. The van der Waals surface area contributed by atoms with Crippen LogP contribution in [0.15, 0.2) is 30.3 Å². The fraction of sp³-hybridized carbons (Fsp3) is 0.250. The zero-order valence-electron chi connectivity index (χ0n) is 9.32. The zero-order chi connectivity index (χ0) is 12.7. The Morgan fingerprint density at radius 1 is 1.41 bits per heavy atom. The highest BCUT2D eigenvalue weighted by Crippen LogP contribution is 2.13. The van der Waals surface area contributed by atoms with E-state index in [1.165, 1.54) is 6.92 Å². The van der Waals surface area contributed by atoms with Crippen molar-refractivity contribution in [2.24, 2.45) is 0 Å². The summed E-state index contributed by atoms with van der Waals surface area (Å²) in [5.74, 6) is 0.0785. The number of benzene rings is 1. The van der Waals surface area contributed by atoms with Crippen LogP contribution in [0.2, 0.25) is 0 Å². The minimum Gasteiger partial charge on any atom is -0.427 e. The van der Waals surface area contributed by atoms with Gasteiger partial charge in [-0.1, -0.05) is 24.3 Å². The third-order valence-electron chi connectivity index (χ3n) is 1.84. The molecule has 0 heterocycles. The summed E-state index contributed by atoms with van der Waals surface area (Å²) in [7, 11) is 0. The predicted molar refractivity (Wildman–Crippen MR) is 60.8 cm³/mol. The molecule has 0 spiro atoms. The Morgan fingerprint density at radius 2 is 2.06 bits per heavy atom. The van der Waals surface area contributed by atoms with Crippen molar-refractivity contribution in [2.75, 3.05) is 6.54 Å². The van der Waals surface area contributed by atoms with Gasteiger partial charge in [-0.15, -0.1) is 0 Å². The van der Waals surface area contributed by atoms with E-state index in [0.29, 0.717) is 5.75 Å². The molecule has 0 fully saturated rings. The molecular formula is C12H13F2NO2. The molecule has 0 aromatic heterocycles. The Kier molecular flexibility index (Phi) is 5.29. The summed E-state index contributed by atoms with van der Waals surface area (Å²) >= 11 is 0. The van der Waals surface area contributed by atoms with Crippen LogP contribution in [-0.4, -0.2) is 19.1 Å². The average molecular weight is 241 g/mol. The highest BCUT2D eigenvalue weighted by Gasteiger charge is 1.97. The molecule has 3 nitrogen and oxygen atoms in total. The van der Waals surface area contributed by atoms with Gasteiger partial charge in [0.25, 0.3) is 6.55 Å². The molecule has 92 valence electrons. The van der Waals surface area contributed by atoms with Gasteiger partial charge in [0.15, 0.2) is 0 Å². The molecular weight excluding hydrogens is 228 g/mol. The fourth-order valence-electron chi connectivity index (χ4n) is 1.17. The molecule has 1 N–H and O–H groups in total. The van der Waals surface area contributed by atoms with Crippen LogP contribution in [0.4, 0.5) is 8.78 Å². The van der Waals surface area contributed by atoms with E-state index in [9.17, 15) is 13.6 Å². The lowest BCUT2D eigenvalue weighted by Crippen LogP contribution is -2.19. The molecule has 0 unspecified atom stereocenters.